The highest BCUT2D eigenvalue weighted by atomic mass is 28.4. The van der Waals surface area contributed by atoms with Gasteiger partial charge in [-0.2, -0.15) is 0 Å². The van der Waals surface area contributed by atoms with Gasteiger partial charge in [0.25, 0.3) is 0 Å². The Morgan fingerprint density at radius 1 is 1.05 bits per heavy atom. The third-order valence-electron chi connectivity index (χ3n) is 4.61. The van der Waals surface area contributed by atoms with Crippen LogP contribution in [-0.4, -0.2) is 49.2 Å². The van der Waals surface area contributed by atoms with Crippen LogP contribution in [0.4, 0.5) is 0 Å². The van der Waals surface area contributed by atoms with Crippen LogP contribution in [0.25, 0.3) is 0 Å². The number of hydrogen-bond donors (Lipinski definition) is 1. The number of hydrogen-bond acceptors (Lipinski definition) is 3. The summed E-state index contributed by atoms with van der Waals surface area (Å²) in [5.74, 6) is 0. The lowest BCUT2D eigenvalue weighted by atomic mass is 9.98. The lowest BCUT2D eigenvalue weighted by Crippen LogP contribution is -2.57. The second-order valence-corrected chi connectivity index (χ2v) is 13.2. The zero-order valence-electron chi connectivity index (χ0n) is 14.1. The standard InChI is InChI=1S/C15H33NO2Si/c1-14(2,3)16-10-12(17)9-13(11-16)18-19(7,8)15(4,5)6/h12-13,17H,9-11H2,1-8H3/t12-,13+/m0/s1. The summed E-state index contributed by atoms with van der Waals surface area (Å²) in [6, 6.07) is 0. The van der Waals surface area contributed by atoms with Crippen LogP contribution < -0.4 is 0 Å². The van der Waals surface area contributed by atoms with Crippen LogP contribution >= 0.6 is 0 Å². The summed E-state index contributed by atoms with van der Waals surface area (Å²) in [5.41, 5.74) is 0.0937. The number of β-amino-alcohol motifs (C(OH)–C–C–N with tert-alkyl or cyclic N) is 1. The molecular weight excluding hydrogens is 254 g/mol. The first kappa shape index (κ1) is 17.1. The predicted octanol–water partition coefficient (Wildman–Crippen LogP) is 3.24. The fraction of sp³-hybridized carbons (Fsp3) is 1.00. The van der Waals surface area contributed by atoms with Gasteiger partial charge < -0.3 is 9.53 Å². The molecule has 1 heterocycles. The van der Waals surface area contributed by atoms with Crippen molar-refractivity contribution in [2.45, 2.75) is 83.8 Å². The monoisotopic (exact) mass is 287 g/mol. The number of aliphatic hydroxyl groups is 1. The molecule has 0 aliphatic carbocycles. The van der Waals surface area contributed by atoms with E-state index in [-0.39, 0.29) is 22.8 Å². The van der Waals surface area contributed by atoms with Crippen LogP contribution in [0.2, 0.25) is 18.1 Å². The quantitative estimate of drug-likeness (QED) is 0.791. The van der Waals surface area contributed by atoms with Crippen molar-refractivity contribution in [1.29, 1.82) is 0 Å². The van der Waals surface area contributed by atoms with Gasteiger partial charge in [0.2, 0.25) is 0 Å². The average Bonchev–Trinajstić information content (AvgIpc) is 2.12. The van der Waals surface area contributed by atoms with Crippen molar-refractivity contribution in [1.82, 2.24) is 4.90 Å². The Labute approximate surface area is 120 Å². The molecule has 2 atom stereocenters. The highest BCUT2D eigenvalue weighted by Crippen LogP contribution is 2.38. The number of likely N-dealkylation sites (tertiary alicyclic amines) is 1. The van der Waals surface area contributed by atoms with Crippen molar-refractivity contribution in [3.63, 3.8) is 0 Å². The van der Waals surface area contributed by atoms with Gasteiger partial charge in [0.05, 0.1) is 12.2 Å². The molecule has 19 heavy (non-hydrogen) atoms. The molecule has 1 fully saturated rings. The van der Waals surface area contributed by atoms with Gasteiger partial charge in [-0.25, -0.2) is 0 Å². The van der Waals surface area contributed by atoms with Crippen molar-refractivity contribution in [3.05, 3.63) is 0 Å². The molecule has 1 N–H and O–H groups in total. The maximum absolute atomic E-state index is 10.1. The normalized spacial score (nSPS) is 27.6. The van der Waals surface area contributed by atoms with Crippen LogP contribution in [0.1, 0.15) is 48.0 Å². The topological polar surface area (TPSA) is 32.7 Å². The molecule has 0 amide bonds. The Morgan fingerprint density at radius 3 is 2.00 bits per heavy atom. The maximum atomic E-state index is 10.1. The predicted molar refractivity (Wildman–Crippen MR) is 84.0 cm³/mol. The van der Waals surface area contributed by atoms with Gasteiger partial charge in [-0.15, -0.1) is 0 Å². The SMILES string of the molecule is CC(C)(C)N1C[C@@H](O)C[C@@H](O[Si](C)(C)C(C)(C)C)C1. The Morgan fingerprint density at radius 2 is 1.58 bits per heavy atom. The Balaban J connectivity index is 2.74. The Bertz CT molecular complexity index is 304. The van der Waals surface area contributed by atoms with E-state index in [4.69, 9.17) is 4.43 Å². The number of aliphatic hydroxyl groups excluding tert-OH is 1. The molecule has 1 aliphatic heterocycles. The molecule has 114 valence electrons. The van der Waals surface area contributed by atoms with E-state index in [0.29, 0.717) is 0 Å². The van der Waals surface area contributed by atoms with Crippen molar-refractivity contribution in [2.75, 3.05) is 13.1 Å². The maximum Gasteiger partial charge on any atom is 0.192 e. The molecule has 0 bridgehead atoms. The fourth-order valence-electron chi connectivity index (χ4n) is 2.25. The van der Waals surface area contributed by atoms with Crippen LogP contribution in [0, 0.1) is 0 Å². The lowest BCUT2D eigenvalue weighted by Gasteiger charge is -2.47. The van der Waals surface area contributed by atoms with E-state index in [0.717, 1.165) is 19.5 Å². The summed E-state index contributed by atoms with van der Waals surface area (Å²) < 4.78 is 6.48. The average molecular weight is 288 g/mol. The van der Waals surface area contributed by atoms with Crippen molar-refractivity contribution in [2.24, 2.45) is 0 Å². The van der Waals surface area contributed by atoms with Crippen LogP contribution in [-0.2, 0) is 4.43 Å². The second-order valence-electron chi connectivity index (χ2n) is 8.47. The molecule has 0 unspecified atom stereocenters. The molecule has 0 spiro atoms. The third-order valence-corrected chi connectivity index (χ3v) is 9.14. The zero-order chi connectivity index (χ0) is 15.1. The minimum absolute atomic E-state index is 0.0937. The fourth-order valence-corrected chi connectivity index (χ4v) is 3.61. The van der Waals surface area contributed by atoms with Gasteiger partial charge in [0.15, 0.2) is 8.32 Å². The van der Waals surface area contributed by atoms with E-state index in [9.17, 15) is 5.11 Å². The van der Waals surface area contributed by atoms with E-state index in [1.807, 2.05) is 0 Å². The molecule has 1 rings (SSSR count). The Kier molecular flexibility index (Phi) is 4.94. The molecule has 0 saturated carbocycles. The van der Waals surface area contributed by atoms with Crippen LogP contribution in [0.15, 0.2) is 0 Å². The first-order valence-electron chi connectivity index (χ1n) is 7.44. The summed E-state index contributed by atoms with van der Waals surface area (Å²) >= 11 is 0. The molecule has 1 aliphatic rings. The van der Waals surface area contributed by atoms with E-state index in [1.54, 1.807) is 0 Å². The number of piperidine rings is 1. The molecule has 0 aromatic rings. The van der Waals surface area contributed by atoms with Crippen molar-refractivity contribution >= 4 is 8.32 Å². The largest absolute Gasteiger partial charge is 0.413 e. The first-order valence-corrected chi connectivity index (χ1v) is 10.3. The number of nitrogens with zero attached hydrogens (tertiary/aromatic N) is 1. The van der Waals surface area contributed by atoms with Crippen molar-refractivity contribution in [3.8, 4) is 0 Å². The Hall–Kier alpha value is 0.0969. The number of rotatable bonds is 2. The second kappa shape index (κ2) is 5.47. The van der Waals surface area contributed by atoms with Gasteiger partial charge in [0.1, 0.15) is 0 Å². The van der Waals surface area contributed by atoms with Crippen LogP contribution in [0.3, 0.4) is 0 Å². The molecule has 1 saturated heterocycles. The molecule has 0 aromatic heterocycles. The van der Waals surface area contributed by atoms with Gasteiger partial charge in [-0.1, -0.05) is 20.8 Å². The first-order chi connectivity index (χ1) is 8.33. The molecular formula is C15H33NO2Si. The zero-order valence-corrected chi connectivity index (χ0v) is 15.1. The highest BCUT2D eigenvalue weighted by Gasteiger charge is 2.41. The van der Waals surface area contributed by atoms with Crippen LogP contribution in [0.5, 0.6) is 0 Å². The summed E-state index contributed by atoms with van der Waals surface area (Å²) in [7, 11) is -1.75. The van der Waals surface area contributed by atoms with E-state index in [1.165, 1.54) is 0 Å². The summed E-state index contributed by atoms with van der Waals surface area (Å²) in [6.07, 6.45) is 0.686. The summed E-state index contributed by atoms with van der Waals surface area (Å²) in [6.45, 7) is 19.7. The molecule has 0 radical (unpaired) electrons. The van der Waals surface area contributed by atoms with E-state index in [2.05, 4.69) is 59.5 Å². The minimum Gasteiger partial charge on any atom is -0.413 e. The third kappa shape index (κ3) is 4.55. The highest BCUT2D eigenvalue weighted by molar-refractivity contribution is 6.74. The smallest absolute Gasteiger partial charge is 0.192 e. The summed E-state index contributed by atoms with van der Waals surface area (Å²) in [5, 5.41) is 10.3. The molecule has 3 nitrogen and oxygen atoms in total. The summed E-state index contributed by atoms with van der Waals surface area (Å²) in [4.78, 5) is 2.35. The minimum atomic E-state index is -1.75. The van der Waals surface area contributed by atoms with Gasteiger partial charge in [-0.3, -0.25) is 4.90 Å². The van der Waals surface area contributed by atoms with Gasteiger partial charge >= 0.3 is 0 Å². The van der Waals surface area contributed by atoms with Gasteiger partial charge in [-0.05, 0) is 38.9 Å². The molecule has 0 aromatic carbocycles. The van der Waals surface area contributed by atoms with Crippen molar-refractivity contribution < 1.29 is 9.53 Å². The van der Waals surface area contributed by atoms with Gasteiger partial charge in [0, 0.05) is 25.0 Å². The van der Waals surface area contributed by atoms with E-state index < -0.39 is 8.32 Å². The lowest BCUT2D eigenvalue weighted by molar-refractivity contribution is -0.0364. The van der Waals surface area contributed by atoms with E-state index >= 15 is 0 Å². The molecule has 4 heteroatoms.